The lowest BCUT2D eigenvalue weighted by atomic mass is 10.0. The van der Waals surface area contributed by atoms with E-state index < -0.39 is 11.8 Å². The first-order chi connectivity index (χ1) is 14.6. The Bertz CT molecular complexity index is 984. The van der Waals surface area contributed by atoms with Gasteiger partial charge in [0, 0.05) is 23.8 Å². The van der Waals surface area contributed by atoms with Crippen LogP contribution < -0.4 is 20.3 Å². The minimum absolute atomic E-state index is 0.130. The molecule has 0 bridgehead atoms. The van der Waals surface area contributed by atoms with Crippen molar-refractivity contribution in [2.75, 3.05) is 28.7 Å². The molecule has 2 aliphatic rings. The van der Waals surface area contributed by atoms with Crippen LogP contribution in [0.2, 0.25) is 0 Å². The fourth-order valence-electron chi connectivity index (χ4n) is 3.65. The van der Waals surface area contributed by atoms with E-state index in [1.54, 1.807) is 36.4 Å². The summed E-state index contributed by atoms with van der Waals surface area (Å²) in [5.41, 5.74) is 2.84. The summed E-state index contributed by atoms with van der Waals surface area (Å²) in [7, 11) is 0. The lowest BCUT2D eigenvalue weighted by Crippen LogP contribution is -2.36. The summed E-state index contributed by atoms with van der Waals surface area (Å²) in [5.74, 6) is -0.776. The normalized spacial score (nSPS) is 15.2. The number of fused-ring (bicyclic) bond motifs is 1. The molecule has 3 amide bonds. The summed E-state index contributed by atoms with van der Waals surface area (Å²) in [6, 6.07) is 12.4. The zero-order valence-electron chi connectivity index (χ0n) is 16.9. The van der Waals surface area contributed by atoms with Crippen molar-refractivity contribution in [3.05, 3.63) is 48.0 Å². The Balaban J connectivity index is 1.46. The van der Waals surface area contributed by atoms with E-state index in [1.807, 2.05) is 17.9 Å². The average Bonchev–Trinajstić information content (AvgIpc) is 3.60. The molecule has 7 heteroatoms. The van der Waals surface area contributed by atoms with Crippen molar-refractivity contribution in [1.82, 2.24) is 0 Å². The van der Waals surface area contributed by atoms with Gasteiger partial charge in [0.25, 0.3) is 0 Å². The molecule has 1 aliphatic heterocycles. The zero-order valence-corrected chi connectivity index (χ0v) is 16.9. The molecule has 0 radical (unpaired) electrons. The number of ether oxygens (including phenoxy) is 1. The Morgan fingerprint density at radius 3 is 2.60 bits per heavy atom. The molecule has 1 saturated carbocycles. The summed E-state index contributed by atoms with van der Waals surface area (Å²) >= 11 is 0. The van der Waals surface area contributed by atoms with Gasteiger partial charge in [-0.15, -0.1) is 0 Å². The monoisotopic (exact) mass is 407 g/mol. The molecule has 0 aromatic heterocycles. The smallest absolute Gasteiger partial charge is 0.314 e. The Kier molecular flexibility index (Phi) is 5.70. The Hall–Kier alpha value is -3.35. The van der Waals surface area contributed by atoms with Crippen molar-refractivity contribution in [1.29, 1.82) is 0 Å². The molecule has 4 rings (SSSR count). The number of benzene rings is 2. The van der Waals surface area contributed by atoms with Gasteiger partial charge in [0.05, 0.1) is 12.3 Å². The van der Waals surface area contributed by atoms with Gasteiger partial charge in [0.15, 0.2) is 0 Å². The van der Waals surface area contributed by atoms with Crippen LogP contribution in [0, 0.1) is 5.92 Å². The van der Waals surface area contributed by atoms with Crippen LogP contribution in [-0.2, 0) is 20.8 Å². The van der Waals surface area contributed by atoms with Crippen LogP contribution in [0.3, 0.4) is 0 Å². The third kappa shape index (κ3) is 4.30. The molecule has 1 heterocycles. The molecule has 156 valence electrons. The maximum Gasteiger partial charge on any atom is 0.314 e. The predicted molar refractivity (Wildman–Crippen MR) is 115 cm³/mol. The van der Waals surface area contributed by atoms with Gasteiger partial charge in [-0.2, -0.15) is 0 Å². The van der Waals surface area contributed by atoms with Crippen molar-refractivity contribution in [2.24, 2.45) is 5.92 Å². The van der Waals surface area contributed by atoms with E-state index in [2.05, 4.69) is 10.6 Å². The highest BCUT2D eigenvalue weighted by Gasteiger charge is 2.35. The number of hydrogen-bond donors (Lipinski definition) is 2. The van der Waals surface area contributed by atoms with E-state index in [4.69, 9.17) is 4.74 Å². The van der Waals surface area contributed by atoms with Crippen LogP contribution in [0.1, 0.15) is 31.7 Å². The highest BCUT2D eigenvalue weighted by Crippen LogP contribution is 2.37. The van der Waals surface area contributed by atoms with Crippen LogP contribution in [-0.4, -0.2) is 30.9 Å². The number of aryl methyl sites for hydroxylation is 1. The maximum absolute atomic E-state index is 12.6. The average molecular weight is 407 g/mol. The number of nitrogens with one attached hydrogen (secondary N) is 2. The van der Waals surface area contributed by atoms with Gasteiger partial charge in [0.1, 0.15) is 5.75 Å². The molecule has 7 nitrogen and oxygen atoms in total. The standard InChI is InChI=1S/C23H25N3O4/c1-2-30-20-8-4-3-7-18(20)25-22(28)21(27)24-17-12-11-15-6-5-13-26(19(15)14-17)23(29)16-9-10-16/h3-4,7-8,11-12,14,16H,2,5-6,9-10,13H2,1H3,(H,24,27)(H,25,28). The maximum atomic E-state index is 12.6. The molecule has 1 fully saturated rings. The number of para-hydroxylation sites is 2. The number of nitrogens with zero attached hydrogens (tertiary/aromatic N) is 1. The van der Waals surface area contributed by atoms with Crippen LogP contribution in [0.5, 0.6) is 5.75 Å². The number of carbonyl (C=O) groups is 3. The zero-order chi connectivity index (χ0) is 21.1. The highest BCUT2D eigenvalue weighted by molar-refractivity contribution is 6.43. The van der Waals surface area contributed by atoms with Crippen molar-refractivity contribution >= 4 is 34.8 Å². The topological polar surface area (TPSA) is 87.7 Å². The van der Waals surface area contributed by atoms with Crippen LogP contribution in [0.4, 0.5) is 17.1 Å². The van der Waals surface area contributed by atoms with Gasteiger partial charge in [-0.05, 0) is 62.4 Å². The number of rotatable bonds is 5. The fraction of sp³-hybridized carbons (Fsp3) is 0.348. The second-order valence-corrected chi connectivity index (χ2v) is 7.55. The fourth-order valence-corrected chi connectivity index (χ4v) is 3.65. The van der Waals surface area contributed by atoms with E-state index in [0.29, 0.717) is 30.3 Å². The summed E-state index contributed by atoms with van der Waals surface area (Å²) in [6.45, 7) is 2.98. The molecule has 1 aliphatic carbocycles. The molecular weight excluding hydrogens is 382 g/mol. The number of hydrogen-bond acceptors (Lipinski definition) is 4. The largest absolute Gasteiger partial charge is 0.492 e. The second-order valence-electron chi connectivity index (χ2n) is 7.55. The van der Waals surface area contributed by atoms with Crippen molar-refractivity contribution < 1.29 is 19.1 Å². The first-order valence-corrected chi connectivity index (χ1v) is 10.3. The van der Waals surface area contributed by atoms with Gasteiger partial charge < -0.3 is 20.3 Å². The van der Waals surface area contributed by atoms with Crippen LogP contribution in [0.15, 0.2) is 42.5 Å². The molecular formula is C23H25N3O4. The SMILES string of the molecule is CCOc1ccccc1NC(=O)C(=O)Nc1ccc2c(c1)N(C(=O)C1CC1)CCC2. The van der Waals surface area contributed by atoms with Gasteiger partial charge in [-0.25, -0.2) is 0 Å². The summed E-state index contributed by atoms with van der Waals surface area (Å²) < 4.78 is 5.47. The Labute approximate surface area is 175 Å². The third-order valence-corrected chi connectivity index (χ3v) is 5.30. The van der Waals surface area contributed by atoms with Crippen molar-refractivity contribution in [2.45, 2.75) is 32.6 Å². The summed E-state index contributed by atoms with van der Waals surface area (Å²) in [6.07, 6.45) is 3.72. The third-order valence-electron chi connectivity index (χ3n) is 5.30. The Morgan fingerprint density at radius 1 is 1.07 bits per heavy atom. The Morgan fingerprint density at radius 2 is 1.83 bits per heavy atom. The van der Waals surface area contributed by atoms with Crippen LogP contribution >= 0.6 is 0 Å². The summed E-state index contributed by atoms with van der Waals surface area (Å²) in [4.78, 5) is 39.3. The number of anilines is 3. The molecule has 30 heavy (non-hydrogen) atoms. The van der Waals surface area contributed by atoms with Gasteiger partial charge in [-0.3, -0.25) is 14.4 Å². The van der Waals surface area contributed by atoms with Crippen LogP contribution in [0.25, 0.3) is 0 Å². The molecule has 2 aromatic rings. The summed E-state index contributed by atoms with van der Waals surface area (Å²) in [5, 5.41) is 5.23. The van der Waals surface area contributed by atoms with Crippen molar-refractivity contribution in [3.8, 4) is 5.75 Å². The van der Waals surface area contributed by atoms with Gasteiger partial charge in [-0.1, -0.05) is 18.2 Å². The van der Waals surface area contributed by atoms with Gasteiger partial charge in [0.2, 0.25) is 5.91 Å². The highest BCUT2D eigenvalue weighted by atomic mass is 16.5. The first kappa shape index (κ1) is 19.9. The molecule has 0 atom stereocenters. The minimum atomic E-state index is -0.786. The quantitative estimate of drug-likeness (QED) is 0.744. The van der Waals surface area contributed by atoms with E-state index in [1.165, 1.54) is 0 Å². The lowest BCUT2D eigenvalue weighted by Gasteiger charge is -2.30. The first-order valence-electron chi connectivity index (χ1n) is 10.3. The molecule has 2 N–H and O–H groups in total. The van der Waals surface area contributed by atoms with E-state index in [-0.39, 0.29) is 11.8 Å². The predicted octanol–water partition coefficient (Wildman–Crippen LogP) is 3.35. The second kappa shape index (κ2) is 8.57. The molecule has 0 spiro atoms. The molecule has 0 unspecified atom stereocenters. The number of carbonyl (C=O) groups excluding carboxylic acids is 3. The lowest BCUT2D eigenvalue weighted by molar-refractivity contribution is -0.133. The van der Waals surface area contributed by atoms with E-state index >= 15 is 0 Å². The minimum Gasteiger partial charge on any atom is -0.492 e. The molecule has 2 aromatic carbocycles. The molecule has 0 saturated heterocycles. The van der Waals surface area contributed by atoms with Gasteiger partial charge >= 0.3 is 11.8 Å². The van der Waals surface area contributed by atoms with E-state index in [9.17, 15) is 14.4 Å². The van der Waals surface area contributed by atoms with Crippen molar-refractivity contribution in [3.63, 3.8) is 0 Å². The van der Waals surface area contributed by atoms with E-state index in [0.717, 1.165) is 36.9 Å². The number of amides is 3.